The largest absolute Gasteiger partial charge is 0.367 e. The second-order valence-electron chi connectivity index (χ2n) is 9.36. The summed E-state index contributed by atoms with van der Waals surface area (Å²) in [5.74, 6) is -1.14. The molecule has 2 N–H and O–H groups in total. The van der Waals surface area contributed by atoms with Crippen molar-refractivity contribution in [3.8, 4) is 0 Å². The molecule has 3 atom stereocenters. The van der Waals surface area contributed by atoms with Crippen LogP contribution in [-0.2, 0) is 6.54 Å². The average molecular weight is 441 g/mol. The molecule has 0 aromatic heterocycles. The third kappa shape index (κ3) is 4.58. The molecule has 3 saturated heterocycles. The molecule has 2 aromatic carbocycles. The number of nitrogens with zero attached hydrogens (tertiary/aromatic N) is 2. The van der Waals surface area contributed by atoms with Gasteiger partial charge in [0.1, 0.15) is 11.6 Å². The standard InChI is InChI=1S/C25H30F2N4O/c26-18-6-9-24(23(27)12-18)30-11-10-19(16-30)28-25(32)29-20-13-21-7-8-22(14-20)31(21)15-17-4-2-1-3-5-17/h1-6,9,12,19-22H,7-8,10-11,13-16H2,(H2,28,29,32). The number of urea groups is 1. The van der Waals surface area contributed by atoms with Gasteiger partial charge < -0.3 is 15.5 Å². The molecule has 170 valence electrons. The number of carbonyl (C=O) groups excluding carboxylic acids is 1. The van der Waals surface area contributed by atoms with E-state index in [0.717, 1.165) is 31.9 Å². The Morgan fingerprint density at radius 1 is 0.938 bits per heavy atom. The van der Waals surface area contributed by atoms with Gasteiger partial charge in [0, 0.05) is 49.9 Å². The number of rotatable bonds is 5. The molecule has 5 nitrogen and oxygen atoms in total. The SMILES string of the molecule is O=C(NC1CC2CCC(C1)N2Cc1ccccc1)NC1CCN(c2ccc(F)cc2F)C1. The Hall–Kier alpha value is -2.67. The molecule has 0 saturated carbocycles. The van der Waals surface area contributed by atoms with Gasteiger partial charge >= 0.3 is 6.03 Å². The molecule has 2 amide bonds. The van der Waals surface area contributed by atoms with E-state index >= 15 is 0 Å². The Kier molecular flexibility index (Phi) is 6.00. The molecule has 32 heavy (non-hydrogen) atoms. The molecule has 3 heterocycles. The number of halogens is 2. The minimum absolute atomic E-state index is 0.0469. The minimum Gasteiger partial charge on any atom is -0.367 e. The second kappa shape index (κ2) is 9.06. The number of nitrogens with one attached hydrogen (secondary N) is 2. The lowest BCUT2D eigenvalue weighted by Gasteiger charge is -2.39. The maximum atomic E-state index is 14.1. The van der Waals surface area contributed by atoms with Crippen LogP contribution in [0.1, 0.15) is 37.7 Å². The molecule has 3 aliphatic rings. The first-order valence-electron chi connectivity index (χ1n) is 11.6. The maximum absolute atomic E-state index is 14.1. The summed E-state index contributed by atoms with van der Waals surface area (Å²) in [4.78, 5) is 17.1. The molecule has 2 bridgehead atoms. The molecule has 3 fully saturated rings. The normalized spacial score (nSPS) is 27.5. The van der Waals surface area contributed by atoms with Gasteiger partial charge in [-0.1, -0.05) is 30.3 Å². The highest BCUT2D eigenvalue weighted by molar-refractivity contribution is 5.74. The lowest BCUT2D eigenvalue weighted by atomic mass is 9.96. The van der Waals surface area contributed by atoms with Crippen molar-refractivity contribution in [3.05, 3.63) is 65.7 Å². The average Bonchev–Trinajstić information content (AvgIpc) is 3.30. The Morgan fingerprint density at radius 3 is 2.38 bits per heavy atom. The predicted octanol–water partition coefficient (Wildman–Crippen LogP) is 4.04. The molecular formula is C25H30F2N4O. The van der Waals surface area contributed by atoms with Gasteiger partial charge in [-0.15, -0.1) is 0 Å². The molecule has 0 aliphatic carbocycles. The van der Waals surface area contributed by atoms with Crippen LogP contribution >= 0.6 is 0 Å². The van der Waals surface area contributed by atoms with E-state index < -0.39 is 11.6 Å². The van der Waals surface area contributed by atoms with Crippen molar-refractivity contribution in [1.29, 1.82) is 0 Å². The van der Waals surface area contributed by atoms with Gasteiger partial charge in [0.05, 0.1) is 5.69 Å². The number of amides is 2. The van der Waals surface area contributed by atoms with E-state index in [1.807, 2.05) is 11.0 Å². The van der Waals surface area contributed by atoms with Gasteiger partial charge in [0.15, 0.2) is 0 Å². The monoisotopic (exact) mass is 440 g/mol. The van der Waals surface area contributed by atoms with Gasteiger partial charge in [-0.2, -0.15) is 0 Å². The van der Waals surface area contributed by atoms with Crippen LogP contribution in [0.15, 0.2) is 48.5 Å². The van der Waals surface area contributed by atoms with Crippen molar-refractivity contribution in [1.82, 2.24) is 15.5 Å². The van der Waals surface area contributed by atoms with Crippen molar-refractivity contribution in [2.24, 2.45) is 0 Å². The van der Waals surface area contributed by atoms with Crippen molar-refractivity contribution in [2.75, 3.05) is 18.0 Å². The van der Waals surface area contributed by atoms with Crippen molar-refractivity contribution < 1.29 is 13.6 Å². The van der Waals surface area contributed by atoms with Gasteiger partial charge in [0.2, 0.25) is 0 Å². The summed E-state index contributed by atoms with van der Waals surface area (Å²) < 4.78 is 27.2. The van der Waals surface area contributed by atoms with E-state index in [4.69, 9.17) is 0 Å². The third-order valence-electron chi connectivity index (χ3n) is 7.20. The first-order valence-corrected chi connectivity index (χ1v) is 11.6. The van der Waals surface area contributed by atoms with Gasteiger partial charge in [0.25, 0.3) is 0 Å². The highest BCUT2D eigenvalue weighted by Gasteiger charge is 2.41. The Labute approximate surface area is 187 Å². The van der Waals surface area contributed by atoms with Crippen LogP contribution in [0.3, 0.4) is 0 Å². The van der Waals surface area contributed by atoms with Crippen molar-refractivity contribution in [3.63, 3.8) is 0 Å². The van der Waals surface area contributed by atoms with Crippen LogP contribution in [-0.4, -0.2) is 48.2 Å². The molecule has 0 radical (unpaired) electrons. The summed E-state index contributed by atoms with van der Waals surface area (Å²) in [7, 11) is 0. The van der Waals surface area contributed by atoms with Crippen LogP contribution in [0.25, 0.3) is 0 Å². The molecule has 0 spiro atoms. The first kappa shape index (κ1) is 21.2. The fourth-order valence-corrected chi connectivity index (χ4v) is 5.69. The Balaban J connectivity index is 1.11. The molecule has 7 heteroatoms. The summed E-state index contributed by atoms with van der Waals surface area (Å²) in [6.45, 7) is 2.14. The highest BCUT2D eigenvalue weighted by atomic mass is 19.1. The maximum Gasteiger partial charge on any atom is 0.315 e. The number of piperidine rings is 1. The van der Waals surface area contributed by atoms with E-state index in [2.05, 4.69) is 39.8 Å². The number of benzene rings is 2. The van der Waals surface area contributed by atoms with E-state index in [1.54, 1.807) is 0 Å². The molecule has 3 unspecified atom stereocenters. The lowest BCUT2D eigenvalue weighted by Crippen LogP contribution is -2.53. The number of fused-ring (bicyclic) bond motifs is 2. The summed E-state index contributed by atoms with van der Waals surface area (Å²) in [6.07, 6.45) is 5.09. The molecule has 2 aromatic rings. The summed E-state index contributed by atoms with van der Waals surface area (Å²) >= 11 is 0. The summed E-state index contributed by atoms with van der Waals surface area (Å²) in [6, 6.07) is 15.3. The number of hydrogen-bond acceptors (Lipinski definition) is 3. The highest BCUT2D eigenvalue weighted by Crippen LogP contribution is 2.36. The molecular weight excluding hydrogens is 410 g/mol. The summed E-state index contributed by atoms with van der Waals surface area (Å²) in [5.41, 5.74) is 1.73. The van der Waals surface area contributed by atoms with Crippen LogP contribution in [0.4, 0.5) is 19.3 Å². The minimum atomic E-state index is -0.580. The fourth-order valence-electron chi connectivity index (χ4n) is 5.69. The van der Waals surface area contributed by atoms with E-state index in [1.165, 1.54) is 30.5 Å². The smallest absolute Gasteiger partial charge is 0.315 e. The van der Waals surface area contributed by atoms with Gasteiger partial charge in [-0.3, -0.25) is 4.90 Å². The zero-order valence-corrected chi connectivity index (χ0v) is 18.1. The number of anilines is 1. The lowest BCUT2D eigenvalue weighted by molar-refractivity contribution is 0.111. The zero-order valence-electron chi connectivity index (χ0n) is 18.1. The van der Waals surface area contributed by atoms with Gasteiger partial charge in [-0.25, -0.2) is 13.6 Å². The van der Waals surface area contributed by atoms with Crippen molar-refractivity contribution >= 4 is 11.7 Å². The number of carbonyl (C=O) groups is 1. The van der Waals surface area contributed by atoms with Crippen LogP contribution in [0.2, 0.25) is 0 Å². The van der Waals surface area contributed by atoms with Gasteiger partial charge in [-0.05, 0) is 49.8 Å². The number of hydrogen-bond donors (Lipinski definition) is 2. The third-order valence-corrected chi connectivity index (χ3v) is 7.20. The topological polar surface area (TPSA) is 47.6 Å². The molecule has 3 aliphatic heterocycles. The Bertz CT molecular complexity index is 942. The summed E-state index contributed by atoms with van der Waals surface area (Å²) in [5, 5.41) is 6.24. The van der Waals surface area contributed by atoms with Crippen LogP contribution < -0.4 is 15.5 Å². The van der Waals surface area contributed by atoms with E-state index in [-0.39, 0.29) is 18.1 Å². The fraction of sp³-hybridized carbons (Fsp3) is 0.480. The van der Waals surface area contributed by atoms with E-state index in [0.29, 0.717) is 30.9 Å². The van der Waals surface area contributed by atoms with E-state index in [9.17, 15) is 13.6 Å². The van der Waals surface area contributed by atoms with Crippen LogP contribution in [0.5, 0.6) is 0 Å². The second-order valence-corrected chi connectivity index (χ2v) is 9.36. The van der Waals surface area contributed by atoms with Crippen LogP contribution in [0, 0.1) is 11.6 Å². The quantitative estimate of drug-likeness (QED) is 0.738. The zero-order chi connectivity index (χ0) is 22.1. The Morgan fingerprint density at radius 2 is 1.66 bits per heavy atom. The molecule has 5 rings (SSSR count). The first-order chi connectivity index (χ1) is 15.5. The predicted molar refractivity (Wildman–Crippen MR) is 120 cm³/mol. The van der Waals surface area contributed by atoms with Crippen molar-refractivity contribution in [2.45, 2.75) is 62.8 Å².